The van der Waals surface area contributed by atoms with Crippen molar-refractivity contribution in [1.29, 1.82) is 0 Å². The standard InChI is InChI=1S/C19H15FN4O/c20-14-8-5-12(6-9-14)11-21-24-19(25)18-16-10-7-13-3-1-2-4-15(13)17(16)22-23-18/h1-6,8-9,11H,7,10H2,(H,22,23)(H,24,25)/b21-11-. The molecule has 1 aromatic heterocycles. The lowest BCUT2D eigenvalue weighted by Crippen LogP contribution is -2.20. The number of hydrogen-bond acceptors (Lipinski definition) is 3. The minimum atomic E-state index is -0.341. The molecule has 0 fully saturated rings. The van der Waals surface area contributed by atoms with Crippen molar-refractivity contribution in [2.24, 2.45) is 5.10 Å². The van der Waals surface area contributed by atoms with E-state index in [2.05, 4.69) is 26.8 Å². The molecule has 1 aliphatic rings. The largest absolute Gasteiger partial charge is 0.289 e. The molecule has 5 nitrogen and oxygen atoms in total. The molecule has 0 aliphatic heterocycles. The highest BCUT2D eigenvalue weighted by Gasteiger charge is 2.24. The third-order valence-electron chi connectivity index (χ3n) is 4.26. The molecular weight excluding hydrogens is 319 g/mol. The molecule has 124 valence electrons. The van der Waals surface area contributed by atoms with Gasteiger partial charge in [-0.25, -0.2) is 9.82 Å². The van der Waals surface area contributed by atoms with E-state index in [1.165, 1.54) is 23.9 Å². The average Bonchev–Trinajstić information content (AvgIpc) is 3.08. The van der Waals surface area contributed by atoms with Crippen LogP contribution in [0, 0.1) is 5.82 Å². The number of rotatable bonds is 3. The van der Waals surface area contributed by atoms with Crippen LogP contribution in [0.15, 0.2) is 53.6 Å². The Balaban J connectivity index is 1.53. The highest BCUT2D eigenvalue weighted by atomic mass is 19.1. The number of nitrogens with zero attached hydrogens (tertiary/aromatic N) is 2. The molecule has 1 heterocycles. The number of H-pyrrole nitrogens is 1. The molecule has 2 aromatic carbocycles. The van der Waals surface area contributed by atoms with Crippen molar-refractivity contribution in [3.8, 4) is 11.3 Å². The SMILES string of the molecule is O=C(N/N=C\c1ccc(F)cc1)c1[nH]nc2c1CCc1ccccc1-2. The summed E-state index contributed by atoms with van der Waals surface area (Å²) in [5.41, 5.74) is 7.66. The number of hydrazone groups is 1. The highest BCUT2D eigenvalue weighted by molar-refractivity contribution is 5.96. The fraction of sp³-hybridized carbons (Fsp3) is 0.105. The van der Waals surface area contributed by atoms with Gasteiger partial charge >= 0.3 is 0 Å². The molecule has 1 amide bonds. The molecule has 0 spiro atoms. The maximum atomic E-state index is 12.9. The second-order valence-electron chi connectivity index (χ2n) is 5.83. The molecule has 0 saturated carbocycles. The predicted molar refractivity (Wildman–Crippen MR) is 92.9 cm³/mol. The number of aromatic amines is 1. The van der Waals surface area contributed by atoms with Crippen molar-refractivity contribution in [3.63, 3.8) is 0 Å². The van der Waals surface area contributed by atoms with Crippen LogP contribution in [0.25, 0.3) is 11.3 Å². The van der Waals surface area contributed by atoms with Crippen LogP contribution in [0.4, 0.5) is 4.39 Å². The normalized spacial score (nSPS) is 12.7. The number of hydrogen-bond donors (Lipinski definition) is 2. The smallest absolute Gasteiger partial charge is 0.272 e. The van der Waals surface area contributed by atoms with Crippen LogP contribution < -0.4 is 5.43 Å². The van der Waals surface area contributed by atoms with E-state index in [9.17, 15) is 9.18 Å². The fourth-order valence-electron chi connectivity index (χ4n) is 3.02. The third kappa shape index (κ3) is 2.94. The maximum Gasteiger partial charge on any atom is 0.289 e. The first-order valence-corrected chi connectivity index (χ1v) is 7.97. The summed E-state index contributed by atoms with van der Waals surface area (Å²) in [6.07, 6.45) is 3.10. The van der Waals surface area contributed by atoms with Gasteiger partial charge in [0, 0.05) is 11.1 Å². The minimum absolute atomic E-state index is 0.314. The molecule has 6 heteroatoms. The van der Waals surface area contributed by atoms with E-state index in [-0.39, 0.29) is 11.7 Å². The molecule has 3 aromatic rings. The van der Waals surface area contributed by atoms with E-state index in [1.807, 2.05) is 18.2 Å². The lowest BCUT2D eigenvalue weighted by Gasteiger charge is -2.15. The first-order valence-electron chi connectivity index (χ1n) is 7.97. The molecule has 0 saturated heterocycles. The predicted octanol–water partition coefficient (Wildman–Crippen LogP) is 3.08. The maximum absolute atomic E-state index is 12.9. The van der Waals surface area contributed by atoms with Gasteiger partial charge in [-0.15, -0.1) is 0 Å². The first kappa shape index (κ1) is 15.3. The zero-order valence-electron chi connectivity index (χ0n) is 13.3. The number of halogens is 1. The average molecular weight is 334 g/mol. The second-order valence-corrected chi connectivity index (χ2v) is 5.83. The molecule has 4 rings (SSSR count). The lowest BCUT2D eigenvalue weighted by atomic mass is 9.89. The number of benzene rings is 2. The van der Waals surface area contributed by atoms with Crippen LogP contribution in [-0.2, 0) is 12.8 Å². The van der Waals surface area contributed by atoms with Gasteiger partial charge in [-0.2, -0.15) is 10.2 Å². The van der Waals surface area contributed by atoms with Crippen LogP contribution in [-0.4, -0.2) is 22.3 Å². The summed E-state index contributed by atoms with van der Waals surface area (Å²) in [4.78, 5) is 12.4. The lowest BCUT2D eigenvalue weighted by molar-refractivity contribution is 0.0949. The summed E-state index contributed by atoms with van der Waals surface area (Å²) in [5, 5.41) is 11.1. The zero-order valence-corrected chi connectivity index (χ0v) is 13.3. The quantitative estimate of drug-likeness (QED) is 0.571. The van der Waals surface area contributed by atoms with Gasteiger partial charge in [-0.05, 0) is 36.1 Å². The van der Waals surface area contributed by atoms with Gasteiger partial charge in [0.15, 0.2) is 0 Å². The Morgan fingerprint density at radius 1 is 1.16 bits per heavy atom. The van der Waals surface area contributed by atoms with E-state index in [0.717, 1.165) is 29.7 Å². The van der Waals surface area contributed by atoms with Gasteiger partial charge in [0.05, 0.1) is 11.9 Å². The number of carbonyl (C=O) groups is 1. The van der Waals surface area contributed by atoms with Crippen molar-refractivity contribution in [1.82, 2.24) is 15.6 Å². The summed E-state index contributed by atoms with van der Waals surface area (Å²) in [6, 6.07) is 13.9. The number of aromatic nitrogens is 2. The van der Waals surface area contributed by atoms with Crippen LogP contribution in [0.2, 0.25) is 0 Å². The van der Waals surface area contributed by atoms with Crippen LogP contribution >= 0.6 is 0 Å². The first-order chi connectivity index (χ1) is 12.2. The third-order valence-corrected chi connectivity index (χ3v) is 4.26. The Kier molecular flexibility index (Phi) is 3.85. The molecule has 0 bridgehead atoms. The molecule has 2 N–H and O–H groups in total. The molecule has 0 unspecified atom stereocenters. The fourth-order valence-corrected chi connectivity index (χ4v) is 3.02. The van der Waals surface area contributed by atoms with Crippen molar-refractivity contribution < 1.29 is 9.18 Å². The molecule has 1 aliphatic carbocycles. The van der Waals surface area contributed by atoms with Gasteiger partial charge in [0.1, 0.15) is 11.5 Å². The van der Waals surface area contributed by atoms with E-state index < -0.39 is 0 Å². The van der Waals surface area contributed by atoms with E-state index in [4.69, 9.17) is 0 Å². The second kappa shape index (κ2) is 6.32. The molecular formula is C19H15FN4O. The number of aryl methyl sites for hydroxylation is 1. The van der Waals surface area contributed by atoms with Gasteiger partial charge in [0.25, 0.3) is 5.91 Å². The van der Waals surface area contributed by atoms with Crippen molar-refractivity contribution in [2.45, 2.75) is 12.8 Å². The van der Waals surface area contributed by atoms with Crippen molar-refractivity contribution in [2.75, 3.05) is 0 Å². The Bertz CT molecular complexity index is 960. The van der Waals surface area contributed by atoms with E-state index >= 15 is 0 Å². The van der Waals surface area contributed by atoms with Crippen molar-refractivity contribution in [3.05, 3.63) is 76.7 Å². The monoisotopic (exact) mass is 334 g/mol. The number of nitrogens with one attached hydrogen (secondary N) is 2. The van der Waals surface area contributed by atoms with Gasteiger partial charge < -0.3 is 0 Å². The van der Waals surface area contributed by atoms with E-state index in [0.29, 0.717) is 11.3 Å². The summed E-state index contributed by atoms with van der Waals surface area (Å²) < 4.78 is 12.9. The zero-order chi connectivity index (χ0) is 17.2. The summed E-state index contributed by atoms with van der Waals surface area (Å²) >= 11 is 0. The van der Waals surface area contributed by atoms with Crippen LogP contribution in [0.5, 0.6) is 0 Å². The molecule has 25 heavy (non-hydrogen) atoms. The van der Waals surface area contributed by atoms with Crippen molar-refractivity contribution >= 4 is 12.1 Å². The topological polar surface area (TPSA) is 70.1 Å². The Hall–Kier alpha value is -3.28. The summed E-state index contributed by atoms with van der Waals surface area (Å²) in [7, 11) is 0. The number of carbonyl (C=O) groups excluding carboxylic acids is 1. The molecule has 0 atom stereocenters. The Morgan fingerprint density at radius 3 is 2.80 bits per heavy atom. The Labute approximate surface area is 143 Å². The minimum Gasteiger partial charge on any atom is -0.272 e. The summed E-state index contributed by atoms with van der Waals surface area (Å²) in [5.74, 6) is -0.656. The van der Waals surface area contributed by atoms with Gasteiger partial charge in [-0.3, -0.25) is 9.89 Å². The summed E-state index contributed by atoms with van der Waals surface area (Å²) in [6.45, 7) is 0. The Morgan fingerprint density at radius 2 is 1.96 bits per heavy atom. The highest BCUT2D eigenvalue weighted by Crippen LogP contribution is 2.33. The number of amides is 1. The van der Waals surface area contributed by atoms with Crippen LogP contribution in [0.3, 0.4) is 0 Å². The van der Waals surface area contributed by atoms with Gasteiger partial charge in [0.2, 0.25) is 0 Å². The molecule has 0 radical (unpaired) electrons. The number of fused-ring (bicyclic) bond motifs is 3. The van der Waals surface area contributed by atoms with Crippen LogP contribution in [0.1, 0.15) is 27.2 Å². The van der Waals surface area contributed by atoms with Gasteiger partial charge in [-0.1, -0.05) is 36.4 Å². The van der Waals surface area contributed by atoms with E-state index in [1.54, 1.807) is 12.1 Å².